The molecule has 160 valence electrons. The summed E-state index contributed by atoms with van der Waals surface area (Å²) in [6, 6.07) is 16.2. The van der Waals surface area contributed by atoms with Crippen LogP contribution in [0.15, 0.2) is 48.5 Å². The molecule has 29 heavy (non-hydrogen) atoms. The second-order valence-electron chi connectivity index (χ2n) is 7.88. The van der Waals surface area contributed by atoms with Crippen molar-refractivity contribution >= 4 is 24.8 Å². The van der Waals surface area contributed by atoms with E-state index in [4.69, 9.17) is 0 Å². The molecule has 2 aromatic carbocycles. The molecule has 0 radical (unpaired) electrons. The van der Waals surface area contributed by atoms with E-state index in [9.17, 15) is 8.78 Å². The van der Waals surface area contributed by atoms with Crippen molar-refractivity contribution in [3.05, 3.63) is 65.2 Å². The van der Waals surface area contributed by atoms with Gasteiger partial charge >= 0.3 is 6.61 Å². The Hall–Kier alpha value is -1.40. The molecule has 0 amide bonds. The highest BCUT2D eigenvalue weighted by atomic mass is 35.5. The lowest BCUT2D eigenvalue weighted by molar-refractivity contribution is -0.0499. The lowest BCUT2D eigenvalue weighted by Crippen LogP contribution is -2.29. The van der Waals surface area contributed by atoms with Crippen molar-refractivity contribution in [1.29, 1.82) is 0 Å². The molecule has 4 rings (SSSR count). The highest BCUT2D eigenvalue weighted by molar-refractivity contribution is 5.85. The van der Waals surface area contributed by atoms with E-state index in [0.717, 1.165) is 31.7 Å². The molecule has 0 saturated carbocycles. The van der Waals surface area contributed by atoms with Crippen molar-refractivity contribution in [2.75, 3.05) is 26.7 Å². The van der Waals surface area contributed by atoms with E-state index in [1.165, 1.54) is 11.1 Å². The Morgan fingerprint density at radius 1 is 1.03 bits per heavy atom. The Bertz CT molecular complexity index is 808. The Balaban J connectivity index is 0.00000150. The maximum atomic E-state index is 12.4. The van der Waals surface area contributed by atoms with Gasteiger partial charge in [-0.3, -0.25) is 9.80 Å². The van der Waals surface area contributed by atoms with Gasteiger partial charge in [-0.05, 0) is 54.6 Å². The van der Waals surface area contributed by atoms with E-state index in [1.54, 1.807) is 18.2 Å². The van der Waals surface area contributed by atoms with Crippen LogP contribution in [-0.2, 0) is 6.54 Å². The highest BCUT2D eigenvalue weighted by Crippen LogP contribution is 2.45. The monoisotopic (exact) mass is 444 g/mol. The number of hydrogen-bond donors (Lipinski definition) is 0. The first-order chi connectivity index (χ1) is 13.0. The molecule has 2 saturated heterocycles. The summed E-state index contributed by atoms with van der Waals surface area (Å²) in [7, 11) is 2.23. The highest BCUT2D eigenvalue weighted by Gasteiger charge is 2.46. The van der Waals surface area contributed by atoms with E-state index in [2.05, 4.69) is 52.8 Å². The molecule has 2 aliphatic heterocycles. The van der Waals surface area contributed by atoms with Crippen LogP contribution in [0.25, 0.3) is 0 Å². The fraction of sp³-hybridized carbons (Fsp3) is 0.455. The number of likely N-dealkylation sites (tertiary alicyclic amines) is 2. The van der Waals surface area contributed by atoms with Gasteiger partial charge in [0.15, 0.2) is 0 Å². The molecular formula is C22H28Cl2F2N2O. The lowest BCUT2D eigenvalue weighted by Gasteiger charge is -2.28. The molecule has 0 bridgehead atoms. The second-order valence-corrected chi connectivity index (χ2v) is 7.88. The van der Waals surface area contributed by atoms with E-state index < -0.39 is 6.61 Å². The van der Waals surface area contributed by atoms with Gasteiger partial charge in [0.2, 0.25) is 0 Å². The summed E-state index contributed by atoms with van der Waals surface area (Å²) < 4.78 is 29.4. The number of hydrogen-bond acceptors (Lipinski definition) is 3. The van der Waals surface area contributed by atoms with Crippen LogP contribution in [0, 0.1) is 18.8 Å². The third-order valence-electron chi connectivity index (χ3n) is 6.01. The molecule has 7 heteroatoms. The van der Waals surface area contributed by atoms with Crippen LogP contribution in [0.4, 0.5) is 8.78 Å². The number of aryl methyl sites for hydroxylation is 1. The van der Waals surface area contributed by atoms with E-state index in [0.29, 0.717) is 17.9 Å². The van der Waals surface area contributed by atoms with Crippen LogP contribution in [0.5, 0.6) is 5.75 Å². The van der Waals surface area contributed by atoms with Crippen LogP contribution in [-0.4, -0.2) is 43.1 Å². The molecule has 0 unspecified atom stereocenters. The average Bonchev–Trinajstić information content (AvgIpc) is 3.11. The quantitative estimate of drug-likeness (QED) is 0.631. The molecule has 0 spiro atoms. The standard InChI is InChI=1S/C22H26F2N2O.2ClH/c1-15-6-3-4-9-19(15)21-20-14-26(13-17(20)12-25(21)2)11-16-7-5-8-18(10-16)27-22(23)24;;/h3-10,17,20-22H,11-14H2,1-2H3;2*1H/t17-,20+,21+;;/m0../s1. The molecule has 0 N–H and O–H groups in total. The Labute approximate surface area is 183 Å². The minimum Gasteiger partial charge on any atom is -0.435 e. The third kappa shape index (κ3) is 5.21. The maximum Gasteiger partial charge on any atom is 0.387 e. The minimum absolute atomic E-state index is 0. The third-order valence-corrected chi connectivity index (χ3v) is 6.01. The van der Waals surface area contributed by atoms with Crippen LogP contribution in [0.2, 0.25) is 0 Å². The van der Waals surface area contributed by atoms with Gasteiger partial charge in [0.05, 0.1) is 0 Å². The maximum absolute atomic E-state index is 12.4. The molecule has 2 aromatic rings. The lowest BCUT2D eigenvalue weighted by atomic mass is 9.88. The van der Waals surface area contributed by atoms with Crippen molar-refractivity contribution in [3.63, 3.8) is 0 Å². The number of rotatable bonds is 5. The molecule has 3 atom stereocenters. The van der Waals surface area contributed by atoms with Crippen molar-refractivity contribution in [3.8, 4) is 5.75 Å². The van der Waals surface area contributed by atoms with Gasteiger partial charge in [-0.2, -0.15) is 8.78 Å². The average molecular weight is 445 g/mol. The molecule has 0 aliphatic carbocycles. The Morgan fingerprint density at radius 3 is 2.52 bits per heavy atom. The van der Waals surface area contributed by atoms with Gasteiger partial charge in [-0.15, -0.1) is 24.8 Å². The predicted octanol–water partition coefficient (Wildman–Crippen LogP) is 5.17. The van der Waals surface area contributed by atoms with Crippen molar-refractivity contribution in [1.82, 2.24) is 9.80 Å². The summed E-state index contributed by atoms with van der Waals surface area (Å²) in [5, 5.41) is 0. The van der Waals surface area contributed by atoms with Crippen LogP contribution in [0.3, 0.4) is 0 Å². The smallest absolute Gasteiger partial charge is 0.387 e. The number of fused-ring (bicyclic) bond motifs is 1. The zero-order valence-corrected chi connectivity index (χ0v) is 18.3. The topological polar surface area (TPSA) is 15.7 Å². The molecular weight excluding hydrogens is 417 g/mol. The summed E-state index contributed by atoms with van der Waals surface area (Å²) in [5.41, 5.74) is 3.81. The molecule has 2 aliphatic rings. The number of benzene rings is 2. The van der Waals surface area contributed by atoms with Crippen molar-refractivity contribution < 1.29 is 13.5 Å². The first-order valence-corrected chi connectivity index (χ1v) is 9.53. The van der Waals surface area contributed by atoms with Crippen molar-refractivity contribution in [2.45, 2.75) is 26.1 Å². The fourth-order valence-corrected chi connectivity index (χ4v) is 4.94. The van der Waals surface area contributed by atoms with Gasteiger partial charge in [0.25, 0.3) is 0 Å². The summed E-state index contributed by atoms with van der Waals surface area (Å²) >= 11 is 0. The number of alkyl halides is 2. The first-order valence-electron chi connectivity index (χ1n) is 9.53. The molecule has 2 fully saturated rings. The number of halogens is 4. The molecule has 0 aromatic heterocycles. The van der Waals surface area contributed by atoms with Gasteiger partial charge in [-0.25, -0.2) is 0 Å². The number of ether oxygens (including phenoxy) is 1. The van der Waals surface area contributed by atoms with Crippen LogP contribution < -0.4 is 4.74 Å². The zero-order valence-electron chi connectivity index (χ0n) is 16.6. The molecule has 3 nitrogen and oxygen atoms in total. The zero-order chi connectivity index (χ0) is 19.0. The van der Waals surface area contributed by atoms with Crippen LogP contribution in [0.1, 0.15) is 22.7 Å². The van der Waals surface area contributed by atoms with Gasteiger partial charge in [0.1, 0.15) is 5.75 Å². The minimum atomic E-state index is -2.78. The Kier molecular flexibility index (Phi) is 8.29. The second kappa shape index (κ2) is 10.1. The Morgan fingerprint density at radius 2 is 1.79 bits per heavy atom. The van der Waals surface area contributed by atoms with Gasteiger partial charge < -0.3 is 4.74 Å². The normalized spacial score (nSPS) is 24.1. The van der Waals surface area contributed by atoms with Crippen molar-refractivity contribution in [2.24, 2.45) is 11.8 Å². The summed E-state index contributed by atoms with van der Waals surface area (Å²) in [6.45, 7) is 3.38. The first kappa shape index (κ1) is 23.9. The predicted molar refractivity (Wildman–Crippen MR) is 116 cm³/mol. The summed E-state index contributed by atoms with van der Waals surface area (Å²) in [5.74, 6) is 1.50. The van der Waals surface area contributed by atoms with Gasteiger partial charge in [-0.1, -0.05) is 36.4 Å². The summed E-state index contributed by atoms with van der Waals surface area (Å²) in [4.78, 5) is 4.95. The van der Waals surface area contributed by atoms with E-state index in [1.807, 2.05) is 6.07 Å². The molecule has 2 heterocycles. The largest absolute Gasteiger partial charge is 0.435 e. The fourth-order valence-electron chi connectivity index (χ4n) is 4.94. The number of nitrogens with zero attached hydrogens (tertiary/aromatic N) is 2. The van der Waals surface area contributed by atoms with Gasteiger partial charge in [0, 0.05) is 32.2 Å². The van der Waals surface area contributed by atoms with Crippen LogP contribution >= 0.6 is 24.8 Å². The van der Waals surface area contributed by atoms with E-state index >= 15 is 0 Å². The van der Waals surface area contributed by atoms with E-state index in [-0.39, 0.29) is 30.6 Å². The summed E-state index contributed by atoms with van der Waals surface area (Å²) in [6.07, 6.45) is 0. The SMILES string of the molecule is Cc1ccccc1[C@@H]1[C@@H]2CN(Cc3cccc(OC(F)F)c3)C[C@@H]2CN1C.Cl.Cl.